The highest BCUT2D eigenvalue weighted by Crippen LogP contribution is 2.20. The van der Waals surface area contributed by atoms with Crippen LogP contribution in [0.2, 0.25) is 0 Å². The fourth-order valence-electron chi connectivity index (χ4n) is 1.89. The van der Waals surface area contributed by atoms with Crippen molar-refractivity contribution in [3.63, 3.8) is 0 Å². The Morgan fingerprint density at radius 3 is 2.39 bits per heavy atom. The summed E-state index contributed by atoms with van der Waals surface area (Å²) in [5.74, 6) is 0.417. The smallest absolute Gasteiger partial charge is 0.280 e. The third-order valence-corrected chi connectivity index (χ3v) is 5.49. The van der Waals surface area contributed by atoms with E-state index in [4.69, 9.17) is 11.1 Å². The third-order valence-electron chi connectivity index (χ3n) is 3.74. The van der Waals surface area contributed by atoms with Gasteiger partial charge >= 0.3 is 0 Å². The fraction of sp³-hybridized carbons (Fsp3) is 0.909. The molecule has 0 aliphatic carbocycles. The molecule has 0 spiro atoms. The third kappa shape index (κ3) is 3.43. The monoisotopic (exact) mass is 276 g/mol. The Hall–Kier alpha value is -0.660. The lowest BCUT2D eigenvalue weighted by Crippen LogP contribution is -2.58. The Morgan fingerprint density at radius 1 is 1.50 bits per heavy atom. The second-order valence-corrected chi connectivity index (χ2v) is 6.96. The van der Waals surface area contributed by atoms with E-state index in [2.05, 4.69) is 11.6 Å². The van der Waals surface area contributed by atoms with Gasteiger partial charge in [0.25, 0.3) is 10.2 Å². The molecule has 1 heterocycles. The molecule has 1 fully saturated rings. The van der Waals surface area contributed by atoms with Crippen LogP contribution in [-0.4, -0.2) is 37.2 Å². The number of nitrogens with zero attached hydrogens (tertiary/aromatic N) is 1. The Morgan fingerprint density at radius 2 is 2.00 bits per heavy atom. The van der Waals surface area contributed by atoms with Crippen LogP contribution in [0, 0.1) is 11.3 Å². The summed E-state index contributed by atoms with van der Waals surface area (Å²) in [7, 11) is -3.56. The molecule has 0 saturated carbocycles. The molecular formula is C11H24N4O2S. The number of hydrogen-bond acceptors (Lipinski definition) is 3. The Labute approximate surface area is 110 Å². The largest absolute Gasteiger partial charge is 0.386 e. The van der Waals surface area contributed by atoms with E-state index in [9.17, 15) is 8.42 Å². The molecule has 0 amide bonds. The van der Waals surface area contributed by atoms with Crippen LogP contribution in [0.1, 0.15) is 40.0 Å². The molecule has 4 N–H and O–H groups in total. The highest BCUT2D eigenvalue weighted by Gasteiger charge is 2.35. The molecule has 18 heavy (non-hydrogen) atoms. The first-order valence-electron chi connectivity index (χ1n) is 6.35. The van der Waals surface area contributed by atoms with Gasteiger partial charge in [0, 0.05) is 13.1 Å². The second-order valence-electron chi connectivity index (χ2n) is 5.29. The van der Waals surface area contributed by atoms with Crippen LogP contribution < -0.4 is 10.5 Å². The van der Waals surface area contributed by atoms with Crippen molar-refractivity contribution in [3.05, 3.63) is 0 Å². The fourth-order valence-corrected chi connectivity index (χ4v) is 3.54. The number of amidine groups is 1. The van der Waals surface area contributed by atoms with Gasteiger partial charge in [0.15, 0.2) is 0 Å². The van der Waals surface area contributed by atoms with Crippen molar-refractivity contribution >= 4 is 16.0 Å². The predicted molar refractivity (Wildman–Crippen MR) is 72.6 cm³/mol. The maximum Gasteiger partial charge on any atom is 0.280 e. The van der Waals surface area contributed by atoms with Crippen LogP contribution in [0.3, 0.4) is 0 Å². The van der Waals surface area contributed by atoms with Crippen molar-refractivity contribution in [2.75, 3.05) is 13.1 Å². The second kappa shape index (κ2) is 5.54. The Kier molecular flexibility index (Phi) is 4.74. The van der Waals surface area contributed by atoms with Gasteiger partial charge in [-0.3, -0.25) is 5.41 Å². The molecule has 1 aliphatic heterocycles. The average molecular weight is 276 g/mol. The molecule has 1 saturated heterocycles. The van der Waals surface area contributed by atoms with Crippen molar-refractivity contribution < 1.29 is 8.42 Å². The molecule has 0 aromatic heterocycles. The first-order chi connectivity index (χ1) is 8.21. The predicted octanol–water partition coefficient (Wildman–Crippen LogP) is 0.657. The molecule has 106 valence electrons. The van der Waals surface area contributed by atoms with Crippen LogP contribution in [0.4, 0.5) is 0 Å². The SMILES string of the molecule is CCC(C)(NS(=O)(=O)N1CCC(C)CC1)C(=N)N. The minimum atomic E-state index is -3.56. The lowest BCUT2D eigenvalue weighted by Gasteiger charge is -2.34. The van der Waals surface area contributed by atoms with E-state index >= 15 is 0 Å². The van der Waals surface area contributed by atoms with Crippen LogP contribution >= 0.6 is 0 Å². The number of rotatable bonds is 5. The molecule has 0 aromatic carbocycles. The standard InChI is InChI=1S/C11H24N4O2S/c1-4-11(3,10(12)13)14-18(16,17)15-7-5-9(2)6-8-15/h9,14H,4-8H2,1-3H3,(H3,12,13). The molecule has 1 atom stereocenters. The normalized spacial score (nSPS) is 22.6. The van der Waals surface area contributed by atoms with Gasteiger partial charge in [0.05, 0.1) is 5.54 Å². The Balaban J connectivity index is 2.78. The van der Waals surface area contributed by atoms with Gasteiger partial charge in [0.1, 0.15) is 5.84 Å². The van der Waals surface area contributed by atoms with Crippen LogP contribution in [0.5, 0.6) is 0 Å². The first-order valence-corrected chi connectivity index (χ1v) is 7.79. The lowest BCUT2D eigenvalue weighted by atomic mass is 10.00. The molecule has 1 unspecified atom stereocenters. The average Bonchev–Trinajstić information content (AvgIpc) is 2.28. The van der Waals surface area contributed by atoms with E-state index < -0.39 is 15.7 Å². The van der Waals surface area contributed by atoms with Crippen LogP contribution in [0.25, 0.3) is 0 Å². The maximum atomic E-state index is 12.2. The summed E-state index contributed by atoms with van der Waals surface area (Å²) in [5.41, 5.74) is 4.48. The van der Waals surface area contributed by atoms with Crippen molar-refractivity contribution in [2.24, 2.45) is 11.7 Å². The van der Waals surface area contributed by atoms with Gasteiger partial charge in [-0.2, -0.15) is 17.4 Å². The lowest BCUT2D eigenvalue weighted by molar-refractivity contribution is 0.281. The molecule has 7 heteroatoms. The quantitative estimate of drug-likeness (QED) is 0.508. The van der Waals surface area contributed by atoms with Crippen molar-refractivity contribution in [1.29, 1.82) is 5.41 Å². The minimum absolute atomic E-state index is 0.154. The highest BCUT2D eigenvalue weighted by molar-refractivity contribution is 7.87. The number of hydrogen-bond donors (Lipinski definition) is 3. The summed E-state index contributed by atoms with van der Waals surface area (Å²) < 4.78 is 28.5. The molecular weight excluding hydrogens is 252 g/mol. The number of nitrogens with two attached hydrogens (primary N) is 1. The van der Waals surface area contributed by atoms with Crippen molar-refractivity contribution in [2.45, 2.75) is 45.6 Å². The zero-order valence-electron chi connectivity index (χ0n) is 11.4. The maximum absolute atomic E-state index is 12.2. The summed E-state index contributed by atoms with van der Waals surface area (Å²) in [6.07, 6.45) is 2.21. The van der Waals surface area contributed by atoms with E-state index in [0.29, 0.717) is 25.4 Å². The van der Waals surface area contributed by atoms with E-state index in [1.165, 1.54) is 4.31 Å². The molecule has 1 rings (SSSR count). The van der Waals surface area contributed by atoms with Gasteiger partial charge in [-0.25, -0.2) is 0 Å². The first kappa shape index (κ1) is 15.4. The number of piperidine rings is 1. The molecule has 6 nitrogen and oxygen atoms in total. The summed E-state index contributed by atoms with van der Waals surface area (Å²) >= 11 is 0. The van der Waals surface area contributed by atoms with E-state index in [1.54, 1.807) is 6.92 Å². The van der Waals surface area contributed by atoms with Gasteiger partial charge in [-0.15, -0.1) is 0 Å². The van der Waals surface area contributed by atoms with Crippen LogP contribution in [0.15, 0.2) is 0 Å². The summed E-state index contributed by atoms with van der Waals surface area (Å²) in [4.78, 5) is 0. The molecule has 0 aromatic rings. The topological polar surface area (TPSA) is 99.3 Å². The highest BCUT2D eigenvalue weighted by atomic mass is 32.2. The van der Waals surface area contributed by atoms with Crippen molar-refractivity contribution in [1.82, 2.24) is 9.03 Å². The Bertz CT molecular complexity index is 401. The molecule has 0 bridgehead atoms. The van der Waals surface area contributed by atoms with E-state index in [0.717, 1.165) is 12.8 Å². The summed E-state index contributed by atoms with van der Waals surface area (Å²) in [6, 6.07) is 0. The van der Waals surface area contributed by atoms with Gasteiger partial charge in [-0.05, 0) is 32.1 Å². The zero-order valence-corrected chi connectivity index (χ0v) is 12.2. The summed E-state index contributed by atoms with van der Waals surface area (Å²) in [6.45, 7) is 6.65. The van der Waals surface area contributed by atoms with Crippen molar-refractivity contribution in [3.8, 4) is 0 Å². The zero-order chi connectivity index (χ0) is 14.0. The van der Waals surface area contributed by atoms with Gasteiger partial charge in [-0.1, -0.05) is 13.8 Å². The molecule has 0 radical (unpaired) electrons. The minimum Gasteiger partial charge on any atom is -0.386 e. The number of nitrogens with one attached hydrogen (secondary N) is 2. The van der Waals surface area contributed by atoms with E-state index in [1.807, 2.05) is 6.92 Å². The van der Waals surface area contributed by atoms with Crippen LogP contribution in [-0.2, 0) is 10.2 Å². The summed E-state index contributed by atoms with van der Waals surface area (Å²) in [5, 5.41) is 7.51. The van der Waals surface area contributed by atoms with E-state index in [-0.39, 0.29) is 5.84 Å². The van der Waals surface area contributed by atoms with Gasteiger partial charge in [0.2, 0.25) is 0 Å². The molecule has 1 aliphatic rings. The van der Waals surface area contributed by atoms with Gasteiger partial charge < -0.3 is 5.73 Å².